The standard InChI is InChI=1S/C50H34F4O6S2/c51-25-15-29-31(43(55)45(57)41(29)37(53)17-25)19-27-21-35-47(61-27)33-11-24-14-40-34(12-23(24)13-39(33)59-49(35)7-3-1-4-8-49)48-36(50(60-40)9-5-2-6-10-50)22-28(62-48)20-32-30-16-26(52)18-38(54)42(30)46(58)44(32)56/h11-24H,1-10H2/b31-19-,32-20-. The van der Waals surface area contributed by atoms with Crippen molar-refractivity contribution >= 4 is 80.3 Å². The Balaban J connectivity index is 0.956. The van der Waals surface area contributed by atoms with Crippen LogP contribution in [0.3, 0.4) is 0 Å². The van der Waals surface area contributed by atoms with E-state index in [0.717, 1.165) is 120 Å². The number of ketones is 4. The van der Waals surface area contributed by atoms with Crippen LogP contribution in [0.4, 0.5) is 17.6 Å². The van der Waals surface area contributed by atoms with E-state index in [-0.39, 0.29) is 34.1 Å². The fourth-order valence-electron chi connectivity index (χ4n) is 11.1. The maximum absolute atomic E-state index is 14.8. The van der Waals surface area contributed by atoms with Gasteiger partial charge in [-0.3, -0.25) is 19.2 Å². The molecule has 2 fully saturated rings. The van der Waals surface area contributed by atoms with E-state index >= 15 is 0 Å². The topological polar surface area (TPSA) is 86.7 Å². The predicted molar refractivity (Wildman–Crippen MR) is 227 cm³/mol. The van der Waals surface area contributed by atoms with Gasteiger partial charge in [-0.05, 0) is 99.9 Å². The highest BCUT2D eigenvalue weighted by molar-refractivity contribution is 7.14. The van der Waals surface area contributed by atoms with Crippen molar-refractivity contribution in [3.8, 4) is 0 Å². The van der Waals surface area contributed by atoms with Gasteiger partial charge in [-0.1, -0.05) is 25.0 Å². The molecule has 2 saturated carbocycles. The molecule has 12 rings (SSSR count). The number of ether oxygens (including phenoxy) is 2. The Morgan fingerprint density at radius 1 is 0.516 bits per heavy atom. The van der Waals surface area contributed by atoms with Gasteiger partial charge in [0, 0.05) is 88.0 Å². The molecule has 2 aromatic heterocycles. The summed E-state index contributed by atoms with van der Waals surface area (Å²) >= 11 is 2.94. The van der Waals surface area contributed by atoms with Gasteiger partial charge < -0.3 is 9.47 Å². The van der Waals surface area contributed by atoms with Gasteiger partial charge in [0.15, 0.2) is 0 Å². The molecule has 2 aliphatic heterocycles. The zero-order valence-corrected chi connectivity index (χ0v) is 34.6. The van der Waals surface area contributed by atoms with E-state index < -0.39 is 68.7 Å². The third-order valence-corrected chi connectivity index (χ3v) is 16.1. The first kappa shape index (κ1) is 38.0. The lowest BCUT2D eigenvalue weighted by molar-refractivity contribution is -0.110. The Morgan fingerprint density at radius 2 is 0.919 bits per heavy atom. The van der Waals surface area contributed by atoms with Crippen LogP contribution >= 0.6 is 22.7 Å². The molecule has 2 unspecified atom stereocenters. The Kier molecular flexibility index (Phi) is 8.21. The number of benzene rings is 2. The molecular formula is C50H34F4O6S2. The SMILES string of the molecule is O=C1C(=O)c2c(F)cc(F)cc2/C1=C/c1cc2c(s1)C1=CC3C=C4OC5(CCCCC5)c5cc(/C=C6\C(=O)C(=O)c7c(F)cc(F)cc76)sc5C4=CC3C=C1OC21CCCCC1. The number of allylic oxidation sites excluding steroid dienone is 8. The highest BCUT2D eigenvalue weighted by atomic mass is 32.1. The summed E-state index contributed by atoms with van der Waals surface area (Å²) in [5.74, 6) is -6.22. The van der Waals surface area contributed by atoms with Gasteiger partial charge in [-0.25, -0.2) is 17.6 Å². The van der Waals surface area contributed by atoms with Gasteiger partial charge in [0.25, 0.3) is 0 Å². The Labute approximate surface area is 360 Å². The minimum Gasteiger partial charge on any atom is -0.482 e. The fourth-order valence-corrected chi connectivity index (χ4v) is 13.5. The zero-order chi connectivity index (χ0) is 42.4. The van der Waals surface area contributed by atoms with Crippen LogP contribution in [-0.2, 0) is 30.3 Å². The van der Waals surface area contributed by atoms with E-state index in [9.17, 15) is 36.7 Å². The lowest BCUT2D eigenvalue weighted by Gasteiger charge is -2.46. The molecule has 62 heavy (non-hydrogen) atoms. The van der Waals surface area contributed by atoms with E-state index in [4.69, 9.17) is 9.47 Å². The van der Waals surface area contributed by atoms with E-state index in [1.54, 1.807) is 12.2 Å². The van der Waals surface area contributed by atoms with Crippen LogP contribution in [-0.4, -0.2) is 23.1 Å². The monoisotopic (exact) mass is 870 g/mol. The number of carbonyl (C=O) groups is 4. The number of hydrogen-bond acceptors (Lipinski definition) is 8. The van der Waals surface area contributed by atoms with E-state index in [1.807, 2.05) is 12.1 Å². The fraction of sp³-hybridized carbons (Fsp3) is 0.280. The molecule has 2 spiro atoms. The first-order valence-corrected chi connectivity index (χ1v) is 22.7. The highest BCUT2D eigenvalue weighted by Gasteiger charge is 2.49. The van der Waals surface area contributed by atoms with Gasteiger partial charge in [0.05, 0.1) is 11.1 Å². The summed E-state index contributed by atoms with van der Waals surface area (Å²) in [6, 6.07) is 7.34. The number of hydrogen-bond donors (Lipinski definition) is 0. The van der Waals surface area contributed by atoms with Gasteiger partial charge in [-0.15, -0.1) is 22.7 Å². The Morgan fingerprint density at radius 3 is 1.32 bits per heavy atom. The second kappa shape index (κ2) is 13.4. The summed E-state index contributed by atoms with van der Waals surface area (Å²) in [5, 5.41) is 0. The molecular weight excluding hydrogens is 837 g/mol. The molecule has 0 saturated heterocycles. The summed E-state index contributed by atoms with van der Waals surface area (Å²) in [7, 11) is 0. The number of rotatable bonds is 2. The lowest BCUT2D eigenvalue weighted by Crippen LogP contribution is -2.37. The van der Waals surface area contributed by atoms with Crippen molar-refractivity contribution in [2.75, 3.05) is 0 Å². The van der Waals surface area contributed by atoms with E-state index in [0.29, 0.717) is 21.9 Å². The lowest BCUT2D eigenvalue weighted by atomic mass is 9.72. The molecule has 8 aliphatic rings. The van der Waals surface area contributed by atoms with Gasteiger partial charge in [0.2, 0.25) is 23.1 Å². The van der Waals surface area contributed by atoms with Gasteiger partial charge in [-0.2, -0.15) is 0 Å². The van der Waals surface area contributed by atoms with Crippen molar-refractivity contribution in [2.45, 2.75) is 75.4 Å². The summed E-state index contributed by atoms with van der Waals surface area (Å²) < 4.78 is 72.5. The maximum atomic E-state index is 14.8. The average Bonchev–Trinajstić information content (AvgIpc) is 3.99. The first-order chi connectivity index (χ1) is 29.9. The van der Waals surface area contributed by atoms with E-state index in [1.165, 1.54) is 22.7 Å². The molecule has 4 heterocycles. The molecule has 2 aromatic carbocycles. The summed E-state index contributed by atoms with van der Waals surface area (Å²) in [5.41, 5.74) is 1.70. The number of halogens is 4. The quantitative estimate of drug-likeness (QED) is 0.113. The summed E-state index contributed by atoms with van der Waals surface area (Å²) in [6.45, 7) is 0. The molecule has 310 valence electrons. The number of thiophene rings is 2. The van der Waals surface area contributed by atoms with Crippen molar-refractivity contribution in [1.29, 1.82) is 0 Å². The molecule has 0 N–H and O–H groups in total. The number of carbonyl (C=O) groups excluding carboxylic acids is 4. The summed E-state index contributed by atoms with van der Waals surface area (Å²) in [4.78, 5) is 55.5. The van der Waals surface area contributed by atoms with Gasteiger partial charge in [0.1, 0.15) is 46.0 Å². The highest BCUT2D eigenvalue weighted by Crippen LogP contribution is 2.59. The Bertz CT molecular complexity index is 2810. The Hall–Kier alpha value is -5.72. The van der Waals surface area contributed by atoms with Crippen LogP contribution in [0.1, 0.15) is 127 Å². The normalized spacial score (nSPS) is 24.9. The van der Waals surface area contributed by atoms with Crippen LogP contribution in [0.2, 0.25) is 0 Å². The predicted octanol–water partition coefficient (Wildman–Crippen LogP) is 11.9. The second-order valence-electron chi connectivity index (χ2n) is 17.5. The third-order valence-electron chi connectivity index (χ3n) is 13.9. The van der Waals surface area contributed by atoms with Crippen molar-refractivity contribution in [1.82, 2.24) is 0 Å². The van der Waals surface area contributed by atoms with Crippen LogP contribution < -0.4 is 0 Å². The van der Waals surface area contributed by atoms with Crippen molar-refractivity contribution in [3.05, 3.63) is 148 Å². The maximum Gasteiger partial charge on any atom is 0.237 e. The molecule has 6 nitrogen and oxygen atoms in total. The van der Waals surface area contributed by atoms with Crippen LogP contribution in [0.5, 0.6) is 0 Å². The largest absolute Gasteiger partial charge is 0.482 e. The third kappa shape index (κ3) is 5.44. The molecule has 2 atom stereocenters. The van der Waals surface area contributed by atoms with Crippen molar-refractivity contribution in [3.63, 3.8) is 0 Å². The molecule has 0 amide bonds. The average molecular weight is 871 g/mol. The second-order valence-corrected chi connectivity index (χ2v) is 19.7. The molecule has 4 aromatic rings. The zero-order valence-electron chi connectivity index (χ0n) is 32.9. The van der Waals surface area contributed by atoms with Crippen LogP contribution in [0.25, 0.3) is 34.4 Å². The van der Waals surface area contributed by atoms with Crippen molar-refractivity contribution < 1.29 is 46.2 Å². The smallest absolute Gasteiger partial charge is 0.237 e. The van der Waals surface area contributed by atoms with Crippen LogP contribution in [0, 0.1) is 35.1 Å². The van der Waals surface area contributed by atoms with Crippen LogP contribution in [0.15, 0.2) is 72.2 Å². The summed E-state index contributed by atoms with van der Waals surface area (Å²) in [6.07, 6.45) is 21.1. The molecule has 12 heteroatoms. The minimum atomic E-state index is -1.05. The number of fused-ring (bicyclic) bond motifs is 11. The molecule has 6 aliphatic carbocycles. The minimum absolute atomic E-state index is 0.0296. The molecule has 0 bridgehead atoms. The number of Topliss-reactive ketones (excluding diaryl/α,β-unsaturated/α-hetero) is 4. The first-order valence-electron chi connectivity index (χ1n) is 21.1. The molecule has 0 radical (unpaired) electrons. The van der Waals surface area contributed by atoms with E-state index in [2.05, 4.69) is 24.3 Å². The van der Waals surface area contributed by atoms with Gasteiger partial charge >= 0.3 is 0 Å². The van der Waals surface area contributed by atoms with Crippen molar-refractivity contribution in [2.24, 2.45) is 11.8 Å².